The van der Waals surface area contributed by atoms with Crippen LogP contribution in [0.2, 0.25) is 0 Å². The zero-order chi connectivity index (χ0) is 19.8. The molecule has 0 fully saturated rings. The van der Waals surface area contributed by atoms with E-state index in [1.54, 1.807) is 6.07 Å². The molecule has 0 aliphatic heterocycles. The van der Waals surface area contributed by atoms with Gasteiger partial charge in [0.05, 0.1) is 7.11 Å². The number of hydrazine groups is 1. The molecule has 0 spiro atoms. The van der Waals surface area contributed by atoms with E-state index in [1.165, 1.54) is 50.4 Å². The molecule has 2 rings (SSSR count). The van der Waals surface area contributed by atoms with Gasteiger partial charge in [-0.1, -0.05) is 6.07 Å². The van der Waals surface area contributed by atoms with Crippen molar-refractivity contribution >= 4 is 11.8 Å². The van der Waals surface area contributed by atoms with Gasteiger partial charge in [-0.05, 0) is 55.3 Å². The molecule has 27 heavy (non-hydrogen) atoms. The molecule has 0 heterocycles. The lowest BCUT2D eigenvalue weighted by Gasteiger charge is -2.15. The number of methoxy groups -OCH3 is 1. The molecule has 0 radical (unpaired) electrons. The molecule has 0 bridgehead atoms. The molecule has 2 aromatic carbocycles. The number of amides is 2. The Hall–Kier alpha value is -3.16. The predicted molar refractivity (Wildman–Crippen MR) is 94.0 cm³/mol. The third-order valence-electron chi connectivity index (χ3n) is 3.68. The summed E-state index contributed by atoms with van der Waals surface area (Å²) in [6.45, 7) is 1.49. The lowest BCUT2D eigenvalue weighted by atomic mass is 10.1. The van der Waals surface area contributed by atoms with Crippen LogP contribution < -0.4 is 20.3 Å². The van der Waals surface area contributed by atoms with Crippen LogP contribution >= 0.6 is 0 Å². The van der Waals surface area contributed by atoms with E-state index in [4.69, 9.17) is 9.47 Å². The van der Waals surface area contributed by atoms with Crippen LogP contribution in [0.5, 0.6) is 11.5 Å². The van der Waals surface area contributed by atoms with Crippen molar-refractivity contribution in [2.45, 2.75) is 25.9 Å². The summed E-state index contributed by atoms with van der Waals surface area (Å²) in [4.78, 5) is 23.7. The van der Waals surface area contributed by atoms with E-state index in [2.05, 4.69) is 10.9 Å². The smallest absolute Gasteiger partial charge is 0.279 e. The van der Waals surface area contributed by atoms with E-state index in [-0.39, 0.29) is 12.2 Å². The first-order chi connectivity index (χ1) is 12.9. The topological polar surface area (TPSA) is 76.7 Å². The van der Waals surface area contributed by atoms with E-state index in [9.17, 15) is 18.4 Å². The molecule has 1 atom stereocenters. The highest BCUT2D eigenvalue weighted by molar-refractivity contribution is 5.84. The molecular formula is C19H20F2N2O4. The molecule has 0 aromatic heterocycles. The largest absolute Gasteiger partial charge is 0.494 e. The number of nitrogens with one attached hydrogen (secondary N) is 2. The average molecular weight is 378 g/mol. The van der Waals surface area contributed by atoms with Crippen LogP contribution in [-0.4, -0.2) is 25.0 Å². The zero-order valence-corrected chi connectivity index (χ0v) is 14.9. The summed E-state index contributed by atoms with van der Waals surface area (Å²) in [7, 11) is 1.37. The van der Waals surface area contributed by atoms with E-state index < -0.39 is 29.6 Å². The summed E-state index contributed by atoms with van der Waals surface area (Å²) in [6, 6.07) is 9.65. The summed E-state index contributed by atoms with van der Waals surface area (Å²) in [5.74, 6) is -1.46. The minimum absolute atomic E-state index is 0.0548. The number of ether oxygens (including phenoxy) is 2. The molecule has 2 N–H and O–H groups in total. The number of carbonyl (C=O) groups excluding carboxylic acids is 2. The third-order valence-corrected chi connectivity index (χ3v) is 3.68. The lowest BCUT2D eigenvalue weighted by Crippen LogP contribution is -2.47. The second-order valence-corrected chi connectivity index (χ2v) is 5.72. The fourth-order valence-corrected chi connectivity index (χ4v) is 2.19. The van der Waals surface area contributed by atoms with Crippen LogP contribution in [0.15, 0.2) is 42.5 Å². The van der Waals surface area contributed by atoms with E-state index in [1.807, 2.05) is 0 Å². The highest BCUT2D eigenvalue weighted by Gasteiger charge is 2.15. The van der Waals surface area contributed by atoms with Crippen LogP contribution in [0.25, 0.3) is 0 Å². The van der Waals surface area contributed by atoms with Gasteiger partial charge in [0.25, 0.3) is 5.91 Å². The van der Waals surface area contributed by atoms with Crippen molar-refractivity contribution in [2.75, 3.05) is 7.11 Å². The summed E-state index contributed by atoms with van der Waals surface area (Å²) in [5.41, 5.74) is 5.14. The fraction of sp³-hybridized carbons (Fsp3) is 0.263. The highest BCUT2D eigenvalue weighted by atomic mass is 19.1. The predicted octanol–water partition coefficient (Wildman–Crippen LogP) is 2.52. The molecule has 0 aliphatic carbocycles. The van der Waals surface area contributed by atoms with Crippen LogP contribution in [0, 0.1) is 11.6 Å². The normalized spacial score (nSPS) is 11.4. The first kappa shape index (κ1) is 20.2. The number of rotatable bonds is 7. The maximum atomic E-state index is 13.6. The molecule has 8 heteroatoms. The zero-order valence-electron chi connectivity index (χ0n) is 14.9. The minimum atomic E-state index is -0.897. The molecular weight excluding hydrogens is 358 g/mol. The number of carbonyl (C=O) groups is 2. The third kappa shape index (κ3) is 6.25. The maximum Gasteiger partial charge on any atom is 0.279 e. The Morgan fingerprint density at radius 1 is 1.07 bits per heavy atom. The highest BCUT2D eigenvalue weighted by Crippen LogP contribution is 2.18. The molecule has 0 saturated carbocycles. The van der Waals surface area contributed by atoms with Crippen LogP contribution in [0.1, 0.15) is 18.9 Å². The van der Waals surface area contributed by atoms with Gasteiger partial charge >= 0.3 is 0 Å². The molecule has 144 valence electrons. The number of benzene rings is 2. The molecule has 0 saturated heterocycles. The Kier molecular flexibility index (Phi) is 7.10. The van der Waals surface area contributed by atoms with Gasteiger partial charge < -0.3 is 9.47 Å². The van der Waals surface area contributed by atoms with Crippen molar-refractivity contribution < 1.29 is 27.8 Å². The summed E-state index contributed by atoms with van der Waals surface area (Å²) < 4.78 is 36.6. The summed E-state index contributed by atoms with van der Waals surface area (Å²) >= 11 is 0. The number of aryl methyl sites for hydroxylation is 1. The van der Waals surface area contributed by atoms with Crippen molar-refractivity contribution in [2.24, 2.45) is 0 Å². The summed E-state index contributed by atoms with van der Waals surface area (Å²) in [5, 5.41) is 0. The van der Waals surface area contributed by atoms with Crippen LogP contribution in [0.3, 0.4) is 0 Å². The second kappa shape index (κ2) is 9.51. The first-order valence-electron chi connectivity index (χ1n) is 8.22. The number of halogens is 2. The van der Waals surface area contributed by atoms with Gasteiger partial charge in [-0.3, -0.25) is 20.4 Å². The molecule has 1 unspecified atom stereocenters. The summed E-state index contributed by atoms with van der Waals surface area (Å²) in [6.07, 6.45) is -0.546. The van der Waals surface area contributed by atoms with Gasteiger partial charge in [-0.15, -0.1) is 0 Å². The van der Waals surface area contributed by atoms with Gasteiger partial charge in [-0.25, -0.2) is 8.78 Å². The van der Waals surface area contributed by atoms with Gasteiger partial charge in [0.15, 0.2) is 17.7 Å². The van der Waals surface area contributed by atoms with E-state index >= 15 is 0 Å². The Labute approximate surface area is 155 Å². The number of hydrogen-bond acceptors (Lipinski definition) is 4. The molecule has 6 nitrogen and oxygen atoms in total. The Morgan fingerprint density at radius 2 is 1.78 bits per heavy atom. The van der Waals surface area contributed by atoms with Crippen LogP contribution in [-0.2, 0) is 16.0 Å². The van der Waals surface area contributed by atoms with Crippen molar-refractivity contribution in [1.29, 1.82) is 0 Å². The van der Waals surface area contributed by atoms with Crippen LogP contribution in [0.4, 0.5) is 8.78 Å². The SMILES string of the molecule is COc1ccc(CCC(=O)NNC(=O)C(C)Oc2ccc(F)cc2)cc1F. The second-order valence-electron chi connectivity index (χ2n) is 5.72. The molecule has 2 amide bonds. The molecule has 0 aliphatic rings. The Balaban J connectivity index is 1.74. The minimum Gasteiger partial charge on any atom is -0.494 e. The van der Waals surface area contributed by atoms with E-state index in [0.717, 1.165) is 0 Å². The Morgan fingerprint density at radius 3 is 2.41 bits per heavy atom. The average Bonchev–Trinajstić information content (AvgIpc) is 2.66. The standard InChI is InChI=1S/C19H20F2N2O4/c1-12(27-15-7-5-14(20)6-8-15)19(25)23-22-18(24)10-4-13-3-9-17(26-2)16(21)11-13/h3,5-9,11-12H,4,10H2,1-2H3,(H,22,24)(H,23,25). The van der Waals surface area contributed by atoms with E-state index in [0.29, 0.717) is 17.7 Å². The van der Waals surface area contributed by atoms with Crippen molar-refractivity contribution in [3.8, 4) is 11.5 Å². The van der Waals surface area contributed by atoms with Gasteiger partial charge in [0.2, 0.25) is 5.91 Å². The first-order valence-corrected chi connectivity index (χ1v) is 8.22. The quantitative estimate of drug-likeness (QED) is 0.726. The lowest BCUT2D eigenvalue weighted by molar-refractivity contribution is -0.132. The Bertz CT molecular complexity index is 797. The monoisotopic (exact) mass is 378 g/mol. The van der Waals surface area contributed by atoms with Crippen molar-refractivity contribution in [3.63, 3.8) is 0 Å². The van der Waals surface area contributed by atoms with Crippen molar-refractivity contribution in [1.82, 2.24) is 10.9 Å². The van der Waals surface area contributed by atoms with Gasteiger partial charge in [-0.2, -0.15) is 0 Å². The van der Waals surface area contributed by atoms with Gasteiger partial charge in [0, 0.05) is 6.42 Å². The van der Waals surface area contributed by atoms with Crippen molar-refractivity contribution in [3.05, 3.63) is 59.7 Å². The van der Waals surface area contributed by atoms with Gasteiger partial charge in [0.1, 0.15) is 11.6 Å². The number of hydrogen-bond donors (Lipinski definition) is 2. The molecule has 2 aromatic rings. The maximum absolute atomic E-state index is 13.6. The fourth-order valence-electron chi connectivity index (χ4n) is 2.19.